The second-order valence-electron chi connectivity index (χ2n) is 4.76. The van der Waals surface area contributed by atoms with Crippen molar-refractivity contribution in [3.8, 4) is 5.75 Å². The molecule has 0 bridgehead atoms. The Labute approximate surface area is 127 Å². The Morgan fingerprint density at radius 3 is 2.76 bits per heavy atom. The molecule has 0 aliphatic carbocycles. The van der Waals surface area contributed by atoms with E-state index in [1.807, 2.05) is 37.3 Å². The number of rotatable bonds is 2. The number of aromatic hydroxyl groups is 1. The summed E-state index contributed by atoms with van der Waals surface area (Å²) in [6, 6.07) is 14.8. The standard InChI is InChI=1S/C17H13ClN2O/c1-11-5-4-6-12-9-13(17(18)20-16(11)12)10-19-14-7-2-3-8-15(14)21/h2-10,21H,1H3. The summed E-state index contributed by atoms with van der Waals surface area (Å²) in [5.41, 5.74) is 3.19. The van der Waals surface area contributed by atoms with Crippen LogP contribution in [0.2, 0.25) is 5.15 Å². The number of hydrogen-bond donors (Lipinski definition) is 1. The van der Waals surface area contributed by atoms with E-state index in [2.05, 4.69) is 9.98 Å². The van der Waals surface area contributed by atoms with Gasteiger partial charge in [-0.15, -0.1) is 0 Å². The third-order valence-electron chi connectivity index (χ3n) is 3.25. The van der Waals surface area contributed by atoms with Gasteiger partial charge in [0.15, 0.2) is 0 Å². The molecular weight excluding hydrogens is 284 g/mol. The molecule has 104 valence electrons. The quantitative estimate of drug-likeness (QED) is 0.552. The van der Waals surface area contributed by atoms with E-state index in [-0.39, 0.29) is 5.75 Å². The zero-order chi connectivity index (χ0) is 14.8. The Kier molecular flexibility index (Phi) is 3.59. The Bertz CT molecular complexity index is 843. The Morgan fingerprint density at radius 1 is 1.14 bits per heavy atom. The number of pyridine rings is 1. The van der Waals surface area contributed by atoms with Gasteiger partial charge in [0.2, 0.25) is 0 Å². The van der Waals surface area contributed by atoms with Gasteiger partial charge in [-0.2, -0.15) is 0 Å². The number of para-hydroxylation sites is 3. The summed E-state index contributed by atoms with van der Waals surface area (Å²) < 4.78 is 0. The molecule has 3 aromatic rings. The highest BCUT2D eigenvalue weighted by atomic mass is 35.5. The van der Waals surface area contributed by atoms with Crippen molar-refractivity contribution in [1.82, 2.24) is 4.98 Å². The third kappa shape index (κ3) is 2.73. The summed E-state index contributed by atoms with van der Waals surface area (Å²) in [5.74, 6) is 0.134. The Hall–Kier alpha value is -2.39. The van der Waals surface area contributed by atoms with Crippen molar-refractivity contribution in [2.45, 2.75) is 6.92 Å². The number of nitrogens with zero attached hydrogens (tertiary/aromatic N) is 2. The highest BCUT2D eigenvalue weighted by molar-refractivity contribution is 6.32. The first-order chi connectivity index (χ1) is 10.1. The lowest BCUT2D eigenvalue weighted by atomic mass is 10.1. The van der Waals surface area contributed by atoms with E-state index in [4.69, 9.17) is 11.6 Å². The molecule has 0 aliphatic heterocycles. The van der Waals surface area contributed by atoms with Crippen LogP contribution in [0.15, 0.2) is 53.5 Å². The van der Waals surface area contributed by atoms with Gasteiger partial charge in [-0.3, -0.25) is 4.99 Å². The Balaban J connectivity index is 2.05. The molecule has 0 atom stereocenters. The molecule has 0 amide bonds. The minimum atomic E-state index is 0.134. The summed E-state index contributed by atoms with van der Waals surface area (Å²) in [6.45, 7) is 2.00. The van der Waals surface area contributed by atoms with Crippen LogP contribution in [0.3, 0.4) is 0 Å². The first-order valence-electron chi connectivity index (χ1n) is 6.53. The van der Waals surface area contributed by atoms with E-state index >= 15 is 0 Å². The molecule has 0 spiro atoms. The van der Waals surface area contributed by atoms with E-state index in [1.165, 1.54) is 0 Å². The maximum atomic E-state index is 9.70. The minimum absolute atomic E-state index is 0.134. The number of aryl methyl sites for hydroxylation is 1. The van der Waals surface area contributed by atoms with Crippen molar-refractivity contribution in [3.05, 3.63) is 64.8 Å². The number of phenolic OH excluding ortho intramolecular Hbond substituents is 1. The summed E-state index contributed by atoms with van der Waals surface area (Å²) in [6.07, 6.45) is 1.62. The van der Waals surface area contributed by atoms with Crippen LogP contribution in [0.25, 0.3) is 10.9 Å². The lowest BCUT2D eigenvalue weighted by Crippen LogP contribution is -1.90. The number of aliphatic imine (C=N–C) groups is 1. The molecule has 0 fully saturated rings. The van der Waals surface area contributed by atoms with Crippen molar-refractivity contribution >= 4 is 34.4 Å². The maximum Gasteiger partial charge on any atom is 0.141 e. The fourth-order valence-electron chi connectivity index (χ4n) is 2.14. The van der Waals surface area contributed by atoms with Crippen LogP contribution in [0, 0.1) is 6.92 Å². The zero-order valence-corrected chi connectivity index (χ0v) is 12.2. The van der Waals surface area contributed by atoms with Crippen LogP contribution in [0.1, 0.15) is 11.1 Å². The topological polar surface area (TPSA) is 45.5 Å². The van der Waals surface area contributed by atoms with Gasteiger partial charge in [0, 0.05) is 17.2 Å². The van der Waals surface area contributed by atoms with Crippen molar-refractivity contribution in [2.24, 2.45) is 4.99 Å². The molecule has 3 nitrogen and oxygen atoms in total. The van der Waals surface area contributed by atoms with E-state index in [1.54, 1.807) is 24.4 Å². The highest BCUT2D eigenvalue weighted by Gasteiger charge is 2.05. The monoisotopic (exact) mass is 296 g/mol. The lowest BCUT2D eigenvalue weighted by molar-refractivity contribution is 0.477. The van der Waals surface area contributed by atoms with Crippen molar-refractivity contribution < 1.29 is 5.11 Å². The average Bonchev–Trinajstić information content (AvgIpc) is 2.48. The molecule has 2 aromatic carbocycles. The smallest absolute Gasteiger partial charge is 0.141 e. The fraction of sp³-hybridized carbons (Fsp3) is 0.0588. The van der Waals surface area contributed by atoms with Gasteiger partial charge in [0.25, 0.3) is 0 Å². The van der Waals surface area contributed by atoms with Crippen LogP contribution in [-0.4, -0.2) is 16.3 Å². The predicted molar refractivity (Wildman–Crippen MR) is 86.9 cm³/mol. The fourth-order valence-corrected chi connectivity index (χ4v) is 2.33. The number of fused-ring (bicyclic) bond motifs is 1. The van der Waals surface area contributed by atoms with E-state index in [0.29, 0.717) is 10.8 Å². The summed E-state index contributed by atoms with van der Waals surface area (Å²) in [5, 5.41) is 11.1. The van der Waals surface area contributed by atoms with Gasteiger partial charge in [0.1, 0.15) is 16.6 Å². The molecule has 0 radical (unpaired) electrons. The number of aromatic nitrogens is 1. The van der Waals surface area contributed by atoms with Crippen molar-refractivity contribution in [1.29, 1.82) is 0 Å². The normalized spacial score (nSPS) is 11.3. The maximum absolute atomic E-state index is 9.70. The Morgan fingerprint density at radius 2 is 1.95 bits per heavy atom. The molecule has 3 rings (SSSR count). The van der Waals surface area contributed by atoms with Crippen LogP contribution in [-0.2, 0) is 0 Å². The van der Waals surface area contributed by atoms with Crippen LogP contribution < -0.4 is 0 Å². The van der Waals surface area contributed by atoms with Crippen LogP contribution in [0.4, 0.5) is 5.69 Å². The molecular formula is C17H13ClN2O. The molecule has 0 saturated carbocycles. The molecule has 4 heteroatoms. The highest BCUT2D eigenvalue weighted by Crippen LogP contribution is 2.26. The first-order valence-corrected chi connectivity index (χ1v) is 6.91. The average molecular weight is 297 g/mol. The lowest BCUT2D eigenvalue weighted by Gasteiger charge is -2.04. The summed E-state index contributed by atoms with van der Waals surface area (Å²) in [4.78, 5) is 8.69. The van der Waals surface area contributed by atoms with Gasteiger partial charge in [-0.05, 0) is 30.7 Å². The van der Waals surface area contributed by atoms with Gasteiger partial charge in [-0.1, -0.05) is 41.9 Å². The minimum Gasteiger partial charge on any atom is -0.506 e. The largest absolute Gasteiger partial charge is 0.506 e. The molecule has 0 unspecified atom stereocenters. The van der Waals surface area contributed by atoms with Gasteiger partial charge in [0.05, 0.1) is 5.52 Å². The first kappa shape index (κ1) is 13.6. The van der Waals surface area contributed by atoms with Crippen molar-refractivity contribution in [2.75, 3.05) is 0 Å². The van der Waals surface area contributed by atoms with E-state index in [0.717, 1.165) is 22.0 Å². The zero-order valence-electron chi connectivity index (χ0n) is 11.4. The predicted octanol–water partition coefficient (Wildman–Crippen LogP) is 4.65. The summed E-state index contributed by atoms with van der Waals surface area (Å²) >= 11 is 6.22. The number of benzene rings is 2. The number of hydrogen-bond acceptors (Lipinski definition) is 3. The van der Waals surface area contributed by atoms with Gasteiger partial charge >= 0.3 is 0 Å². The second kappa shape index (κ2) is 5.54. The van der Waals surface area contributed by atoms with Gasteiger partial charge < -0.3 is 5.11 Å². The SMILES string of the molecule is Cc1cccc2cc(C=Nc3ccccc3O)c(Cl)nc12. The van der Waals surface area contributed by atoms with Gasteiger partial charge in [-0.25, -0.2) is 4.98 Å². The van der Waals surface area contributed by atoms with Crippen LogP contribution in [0.5, 0.6) is 5.75 Å². The molecule has 1 N–H and O–H groups in total. The molecule has 21 heavy (non-hydrogen) atoms. The number of halogens is 1. The molecule has 1 aromatic heterocycles. The third-order valence-corrected chi connectivity index (χ3v) is 3.56. The van der Waals surface area contributed by atoms with Crippen LogP contribution >= 0.6 is 11.6 Å². The van der Waals surface area contributed by atoms with E-state index < -0.39 is 0 Å². The molecule has 1 heterocycles. The van der Waals surface area contributed by atoms with E-state index in [9.17, 15) is 5.11 Å². The number of phenols is 1. The molecule has 0 saturated heterocycles. The second-order valence-corrected chi connectivity index (χ2v) is 5.12. The summed E-state index contributed by atoms with van der Waals surface area (Å²) in [7, 11) is 0. The molecule has 0 aliphatic rings. The van der Waals surface area contributed by atoms with Crippen molar-refractivity contribution in [3.63, 3.8) is 0 Å².